The van der Waals surface area contributed by atoms with Crippen molar-refractivity contribution >= 4 is 22.5 Å². The van der Waals surface area contributed by atoms with Crippen LogP contribution in [0.5, 0.6) is 5.75 Å². The van der Waals surface area contributed by atoms with E-state index >= 15 is 0 Å². The summed E-state index contributed by atoms with van der Waals surface area (Å²) in [5, 5.41) is 17.5. The summed E-state index contributed by atoms with van der Waals surface area (Å²) in [7, 11) is 0. The van der Waals surface area contributed by atoms with Gasteiger partial charge in [-0.25, -0.2) is 4.98 Å². The summed E-state index contributed by atoms with van der Waals surface area (Å²) in [5.74, 6) is 0.870. The van der Waals surface area contributed by atoms with E-state index in [0.29, 0.717) is 18.8 Å². The number of phenolic OH excluding ortho intramolecular Hbond substituents is 1. The Bertz CT molecular complexity index is 648. The van der Waals surface area contributed by atoms with Gasteiger partial charge in [-0.1, -0.05) is 6.07 Å². The van der Waals surface area contributed by atoms with Gasteiger partial charge in [0.1, 0.15) is 11.6 Å². The maximum Gasteiger partial charge on any atom is 0.222 e. The van der Waals surface area contributed by atoms with E-state index in [1.54, 1.807) is 18.3 Å². The van der Waals surface area contributed by atoms with Crippen molar-refractivity contribution in [3.05, 3.63) is 30.5 Å². The van der Waals surface area contributed by atoms with E-state index in [1.807, 2.05) is 32.9 Å². The molecular formula is C16H21N3O2. The third-order valence-electron chi connectivity index (χ3n) is 2.91. The van der Waals surface area contributed by atoms with Crippen molar-refractivity contribution in [2.75, 3.05) is 11.9 Å². The largest absolute Gasteiger partial charge is 0.508 e. The first-order valence-corrected chi connectivity index (χ1v) is 6.98. The smallest absolute Gasteiger partial charge is 0.222 e. The Kier molecular flexibility index (Phi) is 4.31. The van der Waals surface area contributed by atoms with Gasteiger partial charge in [-0.15, -0.1) is 0 Å². The second-order valence-electron chi connectivity index (χ2n) is 6.04. The molecule has 0 radical (unpaired) electrons. The van der Waals surface area contributed by atoms with E-state index < -0.39 is 0 Å². The first kappa shape index (κ1) is 15.1. The maximum atomic E-state index is 11.8. The van der Waals surface area contributed by atoms with Gasteiger partial charge in [-0.3, -0.25) is 4.79 Å². The third-order valence-corrected chi connectivity index (χ3v) is 2.91. The number of benzene rings is 1. The molecule has 0 saturated carbocycles. The summed E-state index contributed by atoms with van der Waals surface area (Å²) < 4.78 is 0. The number of hydrogen-bond donors (Lipinski definition) is 3. The van der Waals surface area contributed by atoms with Crippen molar-refractivity contribution in [2.24, 2.45) is 0 Å². The van der Waals surface area contributed by atoms with Gasteiger partial charge in [0.15, 0.2) is 0 Å². The molecule has 1 aromatic heterocycles. The highest BCUT2D eigenvalue weighted by Gasteiger charge is 2.13. The van der Waals surface area contributed by atoms with Crippen LogP contribution in [0.3, 0.4) is 0 Å². The zero-order valence-electron chi connectivity index (χ0n) is 12.6. The Balaban J connectivity index is 2.01. The van der Waals surface area contributed by atoms with Crippen molar-refractivity contribution in [1.82, 2.24) is 10.3 Å². The number of aromatic hydroxyl groups is 1. The number of carbonyl (C=O) groups excluding carboxylic acids is 1. The zero-order valence-corrected chi connectivity index (χ0v) is 12.6. The summed E-state index contributed by atoms with van der Waals surface area (Å²) in [6.07, 6.45) is 2.07. The molecule has 0 aliphatic heterocycles. The summed E-state index contributed by atoms with van der Waals surface area (Å²) in [5.41, 5.74) is -0.222. The Hall–Kier alpha value is -2.30. The van der Waals surface area contributed by atoms with Gasteiger partial charge in [0.05, 0.1) is 0 Å². The first-order chi connectivity index (χ1) is 9.85. The molecule has 0 spiro atoms. The number of nitrogens with zero attached hydrogens (tertiary/aromatic N) is 1. The number of rotatable bonds is 4. The number of aromatic nitrogens is 1. The Morgan fingerprint density at radius 1 is 1.29 bits per heavy atom. The minimum atomic E-state index is -0.222. The second-order valence-corrected chi connectivity index (χ2v) is 6.04. The molecule has 2 rings (SSSR count). The van der Waals surface area contributed by atoms with Crippen molar-refractivity contribution in [2.45, 2.75) is 32.7 Å². The van der Waals surface area contributed by atoms with E-state index in [2.05, 4.69) is 15.6 Å². The van der Waals surface area contributed by atoms with E-state index in [1.165, 1.54) is 0 Å². The molecule has 5 heteroatoms. The number of anilines is 1. The van der Waals surface area contributed by atoms with Gasteiger partial charge in [0.25, 0.3) is 0 Å². The third kappa shape index (κ3) is 4.34. The number of hydrogen-bond acceptors (Lipinski definition) is 4. The van der Waals surface area contributed by atoms with Crippen molar-refractivity contribution < 1.29 is 9.90 Å². The Labute approximate surface area is 124 Å². The van der Waals surface area contributed by atoms with Crippen molar-refractivity contribution in [3.63, 3.8) is 0 Å². The lowest BCUT2D eigenvalue weighted by atomic mass is 10.1. The van der Waals surface area contributed by atoms with Crippen LogP contribution < -0.4 is 10.6 Å². The molecule has 5 nitrogen and oxygen atoms in total. The molecule has 0 fully saturated rings. The monoisotopic (exact) mass is 287 g/mol. The molecule has 2 aromatic rings. The van der Waals surface area contributed by atoms with Crippen LogP contribution in [-0.2, 0) is 4.79 Å². The topological polar surface area (TPSA) is 74.2 Å². The van der Waals surface area contributed by atoms with Crippen LogP contribution in [0.15, 0.2) is 30.5 Å². The fraction of sp³-hybridized carbons (Fsp3) is 0.375. The summed E-state index contributed by atoms with van der Waals surface area (Å²) in [6.45, 7) is 6.35. The van der Waals surface area contributed by atoms with E-state index in [4.69, 9.17) is 0 Å². The van der Waals surface area contributed by atoms with Gasteiger partial charge in [0.2, 0.25) is 5.91 Å². The highest BCUT2D eigenvalue weighted by atomic mass is 16.3. The maximum absolute atomic E-state index is 11.8. The molecule has 1 heterocycles. The molecule has 112 valence electrons. The molecule has 3 N–H and O–H groups in total. The van der Waals surface area contributed by atoms with Crippen LogP contribution >= 0.6 is 0 Å². The summed E-state index contributed by atoms with van der Waals surface area (Å²) in [6, 6.07) is 7.03. The van der Waals surface area contributed by atoms with Gasteiger partial charge >= 0.3 is 0 Å². The fourth-order valence-electron chi connectivity index (χ4n) is 2.07. The highest BCUT2D eigenvalue weighted by molar-refractivity contribution is 5.92. The van der Waals surface area contributed by atoms with Crippen LogP contribution in [-0.4, -0.2) is 28.1 Å². The normalized spacial score (nSPS) is 11.4. The van der Waals surface area contributed by atoms with E-state index in [-0.39, 0.29) is 17.2 Å². The van der Waals surface area contributed by atoms with E-state index in [9.17, 15) is 9.90 Å². The number of amides is 1. The van der Waals surface area contributed by atoms with Crippen LogP contribution in [0, 0.1) is 0 Å². The van der Waals surface area contributed by atoms with Crippen LogP contribution in [0.1, 0.15) is 27.2 Å². The molecule has 1 amide bonds. The summed E-state index contributed by atoms with van der Waals surface area (Å²) in [4.78, 5) is 16.0. The first-order valence-electron chi connectivity index (χ1n) is 6.98. The van der Waals surface area contributed by atoms with Gasteiger partial charge in [-0.05, 0) is 44.4 Å². The number of nitrogens with one attached hydrogen (secondary N) is 2. The van der Waals surface area contributed by atoms with E-state index in [0.717, 1.165) is 10.8 Å². The van der Waals surface area contributed by atoms with Crippen LogP contribution in [0.4, 0.5) is 5.82 Å². The fourth-order valence-corrected chi connectivity index (χ4v) is 2.07. The Morgan fingerprint density at radius 2 is 2.05 bits per heavy atom. The SMILES string of the molecule is CC(C)(C)NC(=O)CCNc1nccc2ccc(O)cc12. The number of phenols is 1. The molecule has 1 aromatic carbocycles. The molecule has 0 aliphatic carbocycles. The molecule has 21 heavy (non-hydrogen) atoms. The van der Waals surface area contributed by atoms with Crippen molar-refractivity contribution in [3.8, 4) is 5.75 Å². The van der Waals surface area contributed by atoms with Crippen LogP contribution in [0.2, 0.25) is 0 Å². The number of pyridine rings is 1. The molecule has 0 saturated heterocycles. The summed E-state index contributed by atoms with van der Waals surface area (Å²) >= 11 is 0. The van der Waals surface area contributed by atoms with Gasteiger partial charge in [0, 0.05) is 30.1 Å². The van der Waals surface area contributed by atoms with Crippen molar-refractivity contribution in [1.29, 1.82) is 0 Å². The molecule has 0 aliphatic rings. The minimum Gasteiger partial charge on any atom is -0.508 e. The lowest BCUT2D eigenvalue weighted by Gasteiger charge is -2.20. The predicted molar refractivity (Wildman–Crippen MR) is 84.4 cm³/mol. The van der Waals surface area contributed by atoms with Gasteiger partial charge in [-0.2, -0.15) is 0 Å². The van der Waals surface area contributed by atoms with Gasteiger partial charge < -0.3 is 15.7 Å². The lowest BCUT2D eigenvalue weighted by Crippen LogP contribution is -2.41. The average Bonchev–Trinajstić information content (AvgIpc) is 2.37. The lowest BCUT2D eigenvalue weighted by molar-refractivity contribution is -0.122. The minimum absolute atomic E-state index is 0.00177. The quantitative estimate of drug-likeness (QED) is 0.808. The highest BCUT2D eigenvalue weighted by Crippen LogP contribution is 2.24. The molecule has 0 unspecified atom stereocenters. The zero-order chi connectivity index (χ0) is 15.5. The average molecular weight is 287 g/mol. The van der Waals surface area contributed by atoms with Crippen LogP contribution in [0.25, 0.3) is 10.8 Å². The predicted octanol–water partition coefficient (Wildman–Crippen LogP) is 2.66. The number of carbonyl (C=O) groups is 1. The molecular weight excluding hydrogens is 266 g/mol. The molecule has 0 bridgehead atoms. The number of fused-ring (bicyclic) bond motifs is 1. The Morgan fingerprint density at radius 3 is 2.76 bits per heavy atom. The molecule has 0 atom stereocenters. The standard InChI is InChI=1S/C16H21N3O2/c1-16(2,3)19-14(21)7-9-18-15-13-10-12(20)5-4-11(13)6-8-17-15/h4-6,8,10,20H,7,9H2,1-3H3,(H,17,18)(H,19,21). The second kappa shape index (κ2) is 5.99.